The van der Waals surface area contributed by atoms with Gasteiger partial charge in [0.2, 0.25) is 0 Å². The predicted octanol–water partition coefficient (Wildman–Crippen LogP) is 2.82. The van der Waals surface area contributed by atoms with Gasteiger partial charge in [-0.15, -0.1) is 0 Å². The molecule has 0 amide bonds. The smallest absolute Gasteiger partial charge is 0.142 e. The normalized spacial score (nSPS) is 17.2. The second-order valence-electron chi connectivity index (χ2n) is 3.14. The summed E-state index contributed by atoms with van der Waals surface area (Å²) in [6, 6.07) is 2.89. The van der Waals surface area contributed by atoms with Crippen molar-refractivity contribution in [3.8, 4) is 0 Å². The van der Waals surface area contributed by atoms with Gasteiger partial charge in [0.1, 0.15) is 5.82 Å². The fraction of sp³-hybridized carbons (Fsp3) is 0.333. The van der Waals surface area contributed by atoms with Crippen LogP contribution in [0.15, 0.2) is 12.1 Å². The van der Waals surface area contributed by atoms with Crippen molar-refractivity contribution in [2.75, 3.05) is 13.1 Å². The number of hydrogen-bond acceptors (Lipinski definition) is 1. The lowest BCUT2D eigenvalue weighted by molar-refractivity contribution is 0.446. The molecule has 2 rings (SSSR count). The summed E-state index contributed by atoms with van der Waals surface area (Å²) >= 11 is 11.5. The van der Waals surface area contributed by atoms with Crippen molar-refractivity contribution in [3.05, 3.63) is 33.6 Å². The van der Waals surface area contributed by atoms with E-state index in [1.165, 1.54) is 12.1 Å². The summed E-state index contributed by atoms with van der Waals surface area (Å²) in [4.78, 5) is 0. The van der Waals surface area contributed by atoms with Gasteiger partial charge in [-0.3, -0.25) is 0 Å². The highest BCUT2D eigenvalue weighted by molar-refractivity contribution is 6.35. The molecule has 4 heteroatoms. The Morgan fingerprint density at radius 3 is 2.46 bits per heavy atom. The van der Waals surface area contributed by atoms with Gasteiger partial charge in [0, 0.05) is 24.0 Å². The van der Waals surface area contributed by atoms with E-state index in [1.54, 1.807) is 0 Å². The zero-order chi connectivity index (χ0) is 9.42. The molecule has 0 aromatic heterocycles. The summed E-state index contributed by atoms with van der Waals surface area (Å²) in [5, 5.41) is 3.74. The third-order valence-electron chi connectivity index (χ3n) is 2.26. The molecule has 1 N–H and O–H groups in total. The second kappa shape index (κ2) is 3.45. The third kappa shape index (κ3) is 1.66. The Morgan fingerprint density at radius 1 is 1.23 bits per heavy atom. The molecule has 1 aliphatic heterocycles. The SMILES string of the molecule is Fc1cc(C2CNC2)c(Cl)cc1Cl. The van der Waals surface area contributed by atoms with Crippen molar-refractivity contribution < 1.29 is 4.39 Å². The average Bonchev–Trinajstić information content (AvgIpc) is 1.96. The Labute approximate surface area is 85.8 Å². The second-order valence-corrected chi connectivity index (χ2v) is 3.96. The molecule has 0 unspecified atom stereocenters. The monoisotopic (exact) mass is 219 g/mol. The highest BCUT2D eigenvalue weighted by atomic mass is 35.5. The predicted molar refractivity (Wildman–Crippen MR) is 52.0 cm³/mol. The van der Waals surface area contributed by atoms with Gasteiger partial charge in [-0.2, -0.15) is 0 Å². The van der Waals surface area contributed by atoms with Gasteiger partial charge in [0.25, 0.3) is 0 Å². The molecule has 1 aliphatic rings. The first-order valence-electron chi connectivity index (χ1n) is 4.03. The Balaban J connectivity index is 2.39. The van der Waals surface area contributed by atoms with E-state index < -0.39 is 5.82 Å². The molecule has 1 fully saturated rings. The third-order valence-corrected chi connectivity index (χ3v) is 2.88. The van der Waals surface area contributed by atoms with Crippen molar-refractivity contribution in [1.29, 1.82) is 0 Å². The first-order chi connectivity index (χ1) is 6.18. The van der Waals surface area contributed by atoms with E-state index in [0.717, 1.165) is 18.7 Å². The van der Waals surface area contributed by atoms with Crippen LogP contribution in [0.1, 0.15) is 11.5 Å². The Morgan fingerprint density at radius 2 is 1.92 bits per heavy atom. The van der Waals surface area contributed by atoms with Gasteiger partial charge in [0.05, 0.1) is 5.02 Å². The topological polar surface area (TPSA) is 12.0 Å². The Hall–Kier alpha value is -0.310. The molecule has 1 heterocycles. The molecule has 1 aromatic rings. The molecule has 0 radical (unpaired) electrons. The van der Waals surface area contributed by atoms with Gasteiger partial charge in [-0.25, -0.2) is 4.39 Å². The van der Waals surface area contributed by atoms with Crippen LogP contribution in [0.25, 0.3) is 0 Å². The van der Waals surface area contributed by atoms with E-state index in [2.05, 4.69) is 5.32 Å². The van der Waals surface area contributed by atoms with Gasteiger partial charge in [-0.1, -0.05) is 23.2 Å². The highest BCUT2D eigenvalue weighted by Crippen LogP contribution is 2.31. The fourth-order valence-corrected chi connectivity index (χ4v) is 1.90. The summed E-state index contributed by atoms with van der Waals surface area (Å²) in [5.74, 6) is -0.0627. The zero-order valence-electron chi connectivity index (χ0n) is 6.78. The minimum Gasteiger partial charge on any atom is -0.315 e. The van der Waals surface area contributed by atoms with Crippen molar-refractivity contribution >= 4 is 23.2 Å². The average molecular weight is 220 g/mol. The van der Waals surface area contributed by atoms with Crippen LogP contribution in [0, 0.1) is 5.82 Å². The Bertz CT molecular complexity index is 337. The minimum atomic E-state index is -0.395. The van der Waals surface area contributed by atoms with E-state index in [1.807, 2.05) is 0 Å². The van der Waals surface area contributed by atoms with E-state index in [-0.39, 0.29) is 5.02 Å². The van der Waals surface area contributed by atoms with Crippen molar-refractivity contribution in [3.63, 3.8) is 0 Å². The maximum absolute atomic E-state index is 13.1. The molecule has 13 heavy (non-hydrogen) atoms. The zero-order valence-corrected chi connectivity index (χ0v) is 8.29. The van der Waals surface area contributed by atoms with Crippen molar-refractivity contribution in [2.45, 2.75) is 5.92 Å². The molecule has 1 nitrogen and oxygen atoms in total. The van der Waals surface area contributed by atoms with E-state index in [0.29, 0.717) is 10.9 Å². The van der Waals surface area contributed by atoms with Crippen LogP contribution in [-0.4, -0.2) is 13.1 Å². The number of hydrogen-bond donors (Lipinski definition) is 1. The minimum absolute atomic E-state index is 0.0843. The molecule has 1 aromatic carbocycles. The maximum Gasteiger partial charge on any atom is 0.142 e. The Kier molecular flexibility index (Phi) is 2.45. The van der Waals surface area contributed by atoms with Gasteiger partial charge in [0.15, 0.2) is 0 Å². The van der Waals surface area contributed by atoms with Crippen molar-refractivity contribution in [2.24, 2.45) is 0 Å². The number of rotatable bonds is 1. The van der Waals surface area contributed by atoms with Gasteiger partial charge < -0.3 is 5.32 Å². The summed E-state index contributed by atoms with van der Waals surface area (Å²) in [6.45, 7) is 1.72. The quantitative estimate of drug-likeness (QED) is 0.717. The number of nitrogens with one attached hydrogen (secondary N) is 1. The molecule has 1 saturated heterocycles. The van der Waals surface area contributed by atoms with Gasteiger partial charge in [-0.05, 0) is 17.7 Å². The van der Waals surface area contributed by atoms with Crippen LogP contribution in [-0.2, 0) is 0 Å². The number of benzene rings is 1. The lowest BCUT2D eigenvalue weighted by Gasteiger charge is -2.28. The standard InChI is InChI=1S/C9H8Cl2FN/c10-7-2-8(11)9(12)1-6(7)5-3-13-4-5/h1-2,5,13H,3-4H2. The first-order valence-corrected chi connectivity index (χ1v) is 4.79. The van der Waals surface area contributed by atoms with Crippen LogP contribution >= 0.6 is 23.2 Å². The largest absolute Gasteiger partial charge is 0.315 e. The van der Waals surface area contributed by atoms with Gasteiger partial charge >= 0.3 is 0 Å². The van der Waals surface area contributed by atoms with E-state index in [4.69, 9.17) is 23.2 Å². The first kappa shape index (κ1) is 9.25. The van der Waals surface area contributed by atoms with Crippen molar-refractivity contribution in [1.82, 2.24) is 5.32 Å². The maximum atomic E-state index is 13.1. The molecule has 0 bridgehead atoms. The summed E-state index contributed by atoms with van der Waals surface area (Å²) < 4.78 is 13.1. The fourth-order valence-electron chi connectivity index (χ4n) is 1.36. The molecule has 70 valence electrons. The molecular formula is C9H8Cl2FN. The number of halogens is 3. The van der Waals surface area contributed by atoms with Crippen LogP contribution in [0.3, 0.4) is 0 Å². The van der Waals surface area contributed by atoms with Crippen LogP contribution in [0.5, 0.6) is 0 Å². The summed E-state index contributed by atoms with van der Waals surface area (Å²) in [6.07, 6.45) is 0. The molecular weight excluding hydrogens is 212 g/mol. The van der Waals surface area contributed by atoms with Crippen LogP contribution in [0.2, 0.25) is 10.0 Å². The molecule has 0 saturated carbocycles. The van der Waals surface area contributed by atoms with Crippen LogP contribution < -0.4 is 5.32 Å². The lowest BCUT2D eigenvalue weighted by atomic mass is 9.94. The molecule has 0 spiro atoms. The van der Waals surface area contributed by atoms with E-state index in [9.17, 15) is 4.39 Å². The molecule has 0 aliphatic carbocycles. The van der Waals surface area contributed by atoms with Crippen LogP contribution in [0.4, 0.5) is 4.39 Å². The summed E-state index contributed by atoms with van der Waals surface area (Å²) in [7, 11) is 0. The lowest BCUT2D eigenvalue weighted by Crippen LogP contribution is -2.40. The summed E-state index contributed by atoms with van der Waals surface area (Å²) in [5.41, 5.74) is 0.849. The molecule has 0 atom stereocenters. The van der Waals surface area contributed by atoms with E-state index >= 15 is 0 Å². The highest BCUT2D eigenvalue weighted by Gasteiger charge is 2.22.